The van der Waals surface area contributed by atoms with E-state index in [4.69, 9.17) is 11.6 Å². The molecule has 0 aliphatic heterocycles. The van der Waals surface area contributed by atoms with Crippen LogP contribution in [0.15, 0.2) is 36.7 Å². The van der Waals surface area contributed by atoms with Gasteiger partial charge < -0.3 is 5.32 Å². The van der Waals surface area contributed by atoms with E-state index in [0.717, 1.165) is 29.0 Å². The Morgan fingerprint density at radius 2 is 2.04 bits per heavy atom. The van der Waals surface area contributed by atoms with Gasteiger partial charge in [-0.3, -0.25) is 4.79 Å². The number of hydrogen-bond donors (Lipinski definition) is 1. The lowest BCUT2D eigenvalue weighted by Gasteiger charge is -2.07. The van der Waals surface area contributed by atoms with E-state index < -0.39 is 23.6 Å². The molecule has 3 rings (SSSR count). The predicted octanol–water partition coefficient (Wildman–Crippen LogP) is 3.79. The summed E-state index contributed by atoms with van der Waals surface area (Å²) in [5, 5.41) is 5.55. The zero-order chi connectivity index (χ0) is 17.5. The Kier molecular flexibility index (Phi) is 3.88. The molecule has 2 aromatic heterocycles. The van der Waals surface area contributed by atoms with Crippen LogP contribution in [0, 0.1) is 5.82 Å². The molecule has 124 valence electrons. The standard InChI is InChI=1S/C14H7ClF4N4O/c15-8-2-1-3-9(16)12(8)13(24)21-7-5-20-11-4-10(14(17,18)19)22-23(11)6-7/h1-6H,(H,21,24). The number of alkyl halides is 3. The van der Waals surface area contributed by atoms with E-state index in [9.17, 15) is 22.4 Å². The maximum atomic E-state index is 13.7. The first-order chi connectivity index (χ1) is 11.3. The zero-order valence-electron chi connectivity index (χ0n) is 11.6. The molecule has 0 saturated heterocycles. The van der Waals surface area contributed by atoms with Crippen molar-refractivity contribution in [3.05, 3.63) is 58.8 Å². The van der Waals surface area contributed by atoms with Crippen LogP contribution in [0.4, 0.5) is 23.2 Å². The first-order valence-corrected chi connectivity index (χ1v) is 6.81. The number of hydrogen-bond acceptors (Lipinski definition) is 3. The van der Waals surface area contributed by atoms with Gasteiger partial charge >= 0.3 is 6.18 Å². The van der Waals surface area contributed by atoms with E-state index in [-0.39, 0.29) is 21.9 Å². The number of halogens is 5. The van der Waals surface area contributed by atoms with Crippen LogP contribution in [0.1, 0.15) is 16.1 Å². The summed E-state index contributed by atoms with van der Waals surface area (Å²) in [5.41, 5.74) is -1.51. The fraction of sp³-hybridized carbons (Fsp3) is 0.0714. The molecule has 0 bridgehead atoms. The number of aromatic nitrogens is 3. The number of amides is 1. The lowest BCUT2D eigenvalue weighted by molar-refractivity contribution is -0.141. The summed E-state index contributed by atoms with van der Waals surface area (Å²) < 4.78 is 52.4. The summed E-state index contributed by atoms with van der Waals surface area (Å²) in [6, 6.07) is 4.50. The van der Waals surface area contributed by atoms with Crippen LogP contribution in [0.5, 0.6) is 0 Å². The third-order valence-corrected chi connectivity index (χ3v) is 3.37. The molecule has 0 aliphatic carbocycles. The molecule has 0 radical (unpaired) electrons. The summed E-state index contributed by atoms with van der Waals surface area (Å²) in [5.74, 6) is -1.69. The number of benzene rings is 1. The molecule has 0 saturated carbocycles. The molecule has 24 heavy (non-hydrogen) atoms. The van der Waals surface area contributed by atoms with Gasteiger partial charge in [-0.1, -0.05) is 17.7 Å². The Balaban J connectivity index is 1.91. The van der Waals surface area contributed by atoms with E-state index in [1.54, 1.807) is 0 Å². The molecule has 10 heteroatoms. The summed E-state index contributed by atoms with van der Waals surface area (Å²) >= 11 is 5.78. The lowest BCUT2D eigenvalue weighted by atomic mass is 10.2. The van der Waals surface area contributed by atoms with Crippen molar-refractivity contribution in [3.8, 4) is 0 Å². The maximum Gasteiger partial charge on any atom is 0.435 e. The Bertz CT molecular complexity index is 918. The largest absolute Gasteiger partial charge is 0.435 e. The van der Waals surface area contributed by atoms with Crippen molar-refractivity contribution in [2.75, 3.05) is 5.32 Å². The summed E-state index contributed by atoms with van der Waals surface area (Å²) in [7, 11) is 0. The summed E-state index contributed by atoms with van der Waals surface area (Å²) in [4.78, 5) is 15.8. The van der Waals surface area contributed by atoms with Gasteiger partial charge in [0.15, 0.2) is 11.3 Å². The second kappa shape index (κ2) is 5.75. The van der Waals surface area contributed by atoms with Crippen LogP contribution < -0.4 is 5.32 Å². The van der Waals surface area contributed by atoms with Crippen molar-refractivity contribution in [2.24, 2.45) is 0 Å². The highest BCUT2D eigenvalue weighted by molar-refractivity contribution is 6.34. The number of rotatable bonds is 2. The molecule has 0 aliphatic rings. The Labute approximate surface area is 136 Å². The third-order valence-electron chi connectivity index (χ3n) is 3.05. The van der Waals surface area contributed by atoms with E-state index in [1.807, 2.05) is 0 Å². The molecule has 3 aromatic rings. The monoisotopic (exact) mass is 358 g/mol. The summed E-state index contributed by atoms with van der Waals surface area (Å²) in [6.45, 7) is 0. The van der Waals surface area contributed by atoms with Crippen LogP contribution >= 0.6 is 11.6 Å². The van der Waals surface area contributed by atoms with Gasteiger partial charge in [-0.15, -0.1) is 0 Å². The van der Waals surface area contributed by atoms with Crippen LogP contribution in [0.3, 0.4) is 0 Å². The average Bonchev–Trinajstić information content (AvgIpc) is 2.90. The van der Waals surface area contributed by atoms with Crippen molar-refractivity contribution in [3.63, 3.8) is 0 Å². The second-order valence-corrected chi connectivity index (χ2v) is 5.13. The van der Waals surface area contributed by atoms with Gasteiger partial charge in [-0.05, 0) is 12.1 Å². The van der Waals surface area contributed by atoms with E-state index in [2.05, 4.69) is 15.4 Å². The number of anilines is 1. The zero-order valence-corrected chi connectivity index (χ0v) is 12.4. The second-order valence-electron chi connectivity index (χ2n) is 4.72. The highest BCUT2D eigenvalue weighted by Crippen LogP contribution is 2.28. The first-order valence-electron chi connectivity index (χ1n) is 6.43. The highest BCUT2D eigenvalue weighted by Gasteiger charge is 2.34. The molecule has 1 aromatic carbocycles. The Hall–Kier alpha value is -2.68. The topological polar surface area (TPSA) is 59.3 Å². The molecule has 0 spiro atoms. The molecule has 1 N–H and O–H groups in total. The number of nitrogens with zero attached hydrogens (tertiary/aromatic N) is 3. The van der Waals surface area contributed by atoms with Gasteiger partial charge in [0.05, 0.1) is 28.7 Å². The molecular formula is C14H7ClF4N4O. The molecule has 5 nitrogen and oxygen atoms in total. The SMILES string of the molecule is O=C(Nc1cnc2cc(C(F)(F)F)nn2c1)c1c(F)cccc1Cl. The smallest absolute Gasteiger partial charge is 0.319 e. The minimum absolute atomic E-state index is 0.0312. The number of carbonyl (C=O) groups excluding carboxylic acids is 1. The highest BCUT2D eigenvalue weighted by atomic mass is 35.5. The van der Waals surface area contributed by atoms with Crippen LogP contribution in [-0.4, -0.2) is 20.5 Å². The lowest BCUT2D eigenvalue weighted by Crippen LogP contribution is -2.15. The van der Waals surface area contributed by atoms with Crippen molar-refractivity contribution >= 4 is 28.8 Å². The number of fused-ring (bicyclic) bond motifs is 1. The third kappa shape index (κ3) is 3.02. The molecule has 2 heterocycles. The van der Waals surface area contributed by atoms with Gasteiger partial charge in [-0.25, -0.2) is 13.9 Å². The van der Waals surface area contributed by atoms with Gasteiger partial charge in [0.2, 0.25) is 0 Å². The predicted molar refractivity (Wildman–Crippen MR) is 77.4 cm³/mol. The quantitative estimate of drug-likeness (QED) is 0.709. The molecule has 0 unspecified atom stereocenters. The van der Waals surface area contributed by atoms with E-state index in [0.29, 0.717) is 0 Å². The van der Waals surface area contributed by atoms with Crippen LogP contribution in [0.25, 0.3) is 5.65 Å². The number of carbonyl (C=O) groups is 1. The Morgan fingerprint density at radius 1 is 1.29 bits per heavy atom. The van der Waals surface area contributed by atoms with E-state index in [1.165, 1.54) is 12.1 Å². The van der Waals surface area contributed by atoms with Crippen molar-refractivity contribution in [1.29, 1.82) is 0 Å². The fourth-order valence-corrected chi connectivity index (χ4v) is 2.24. The first kappa shape index (κ1) is 16.2. The van der Waals surface area contributed by atoms with Gasteiger partial charge in [-0.2, -0.15) is 18.3 Å². The molecule has 0 atom stereocenters. The molecule has 1 amide bonds. The van der Waals surface area contributed by atoms with Crippen molar-refractivity contribution < 1.29 is 22.4 Å². The maximum absolute atomic E-state index is 13.7. The molecule has 0 fully saturated rings. The van der Waals surface area contributed by atoms with E-state index >= 15 is 0 Å². The normalized spacial score (nSPS) is 11.7. The van der Waals surface area contributed by atoms with Crippen molar-refractivity contribution in [1.82, 2.24) is 14.6 Å². The minimum Gasteiger partial charge on any atom is -0.319 e. The Morgan fingerprint density at radius 3 is 2.71 bits per heavy atom. The minimum atomic E-state index is -4.61. The average molecular weight is 359 g/mol. The van der Waals surface area contributed by atoms with Gasteiger partial charge in [0.1, 0.15) is 5.82 Å². The van der Waals surface area contributed by atoms with Crippen LogP contribution in [-0.2, 0) is 6.18 Å². The van der Waals surface area contributed by atoms with Gasteiger partial charge in [0.25, 0.3) is 5.91 Å². The molecular weight excluding hydrogens is 352 g/mol. The van der Waals surface area contributed by atoms with Gasteiger partial charge in [0, 0.05) is 6.07 Å². The van der Waals surface area contributed by atoms with Crippen LogP contribution in [0.2, 0.25) is 5.02 Å². The number of nitrogens with one attached hydrogen (secondary N) is 1. The summed E-state index contributed by atoms with van der Waals surface area (Å²) in [6.07, 6.45) is -2.36. The van der Waals surface area contributed by atoms with Crippen molar-refractivity contribution in [2.45, 2.75) is 6.18 Å². The fourth-order valence-electron chi connectivity index (χ4n) is 1.99.